The van der Waals surface area contributed by atoms with Crippen LogP contribution < -0.4 is 0 Å². The molecule has 2 heteroatoms. The highest BCUT2D eigenvalue weighted by Gasteiger charge is 2.40. The van der Waals surface area contributed by atoms with Crippen molar-refractivity contribution in [3.05, 3.63) is 48.0 Å². The Kier molecular flexibility index (Phi) is 2.87. The van der Waals surface area contributed by atoms with E-state index in [0.29, 0.717) is 0 Å². The van der Waals surface area contributed by atoms with Gasteiger partial charge in [-0.25, -0.2) is 0 Å². The van der Waals surface area contributed by atoms with Gasteiger partial charge in [0.25, 0.3) is 0 Å². The third-order valence-corrected chi connectivity index (χ3v) is 2.77. The Morgan fingerprint density at radius 2 is 1.81 bits per heavy atom. The lowest BCUT2D eigenvalue weighted by Gasteiger charge is -2.17. The maximum absolute atomic E-state index is 5.88. The van der Waals surface area contributed by atoms with E-state index in [1.807, 2.05) is 13.8 Å². The number of aryl methyl sites for hydroxylation is 1. The Morgan fingerprint density at radius 3 is 2.38 bits per heavy atom. The smallest absolute Gasteiger partial charge is 0.164 e. The van der Waals surface area contributed by atoms with Crippen LogP contribution in [0.1, 0.15) is 31.1 Å². The molecule has 1 aromatic carbocycles. The van der Waals surface area contributed by atoms with Crippen LogP contribution in [0.5, 0.6) is 0 Å². The lowest BCUT2D eigenvalue weighted by Crippen LogP contribution is -2.20. The first kappa shape index (κ1) is 11.4. The quantitative estimate of drug-likeness (QED) is 0.708. The summed E-state index contributed by atoms with van der Waals surface area (Å²) in [6, 6.07) is 8.34. The molecule has 2 nitrogen and oxygen atoms in total. The zero-order chi connectivity index (χ0) is 11.8. The van der Waals surface area contributed by atoms with E-state index in [4.69, 9.17) is 9.47 Å². The molecule has 16 heavy (non-hydrogen) atoms. The number of hydrogen-bond donors (Lipinski definition) is 0. The topological polar surface area (TPSA) is 18.5 Å². The molecule has 1 aliphatic rings. The second-order valence-electron chi connectivity index (χ2n) is 4.67. The average molecular weight is 218 g/mol. The van der Waals surface area contributed by atoms with E-state index in [1.54, 1.807) is 6.08 Å². The standard InChI is InChI=1S/C14H18O2/c1-5-12-13(16-14(3,4)15-12)11-8-6-10(2)7-9-11/h5-9,12-13H,1H2,2-4H3/t12-,13-/m1/s1. The van der Waals surface area contributed by atoms with Gasteiger partial charge in [0.15, 0.2) is 5.79 Å². The van der Waals surface area contributed by atoms with Crippen molar-refractivity contribution in [3.63, 3.8) is 0 Å². The first-order valence-corrected chi connectivity index (χ1v) is 5.56. The minimum absolute atomic E-state index is 0.0481. The fourth-order valence-corrected chi connectivity index (χ4v) is 1.98. The van der Waals surface area contributed by atoms with Gasteiger partial charge in [0.2, 0.25) is 0 Å². The van der Waals surface area contributed by atoms with Crippen LogP contribution in [0.25, 0.3) is 0 Å². The molecule has 2 atom stereocenters. The third kappa shape index (κ3) is 2.18. The highest BCUT2D eigenvalue weighted by Crippen LogP contribution is 2.38. The Hall–Kier alpha value is -1.12. The van der Waals surface area contributed by atoms with Crippen LogP contribution in [-0.4, -0.2) is 11.9 Å². The largest absolute Gasteiger partial charge is 0.340 e. The van der Waals surface area contributed by atoms with Crippen molar-refractivity contribution < 1.29 is 9.47 Å². The zero-order valence-electron chi connectivity index (χ0n) is 10.1. The first-order valence-electron chi connectivity index (χ1n) is 5.56. The summed E-state index contributed by atoms with van der Waals surface area (Å²) in [6.45, 7) is 9.73. The van der Waals surface area contributed by atoms with Crippen LogP contribution in [0.2, 0.25) is 0 Å². The molecule has 0 N–H and O–H groups in total. The number of rotatable bonds is 2. The summed E-state index contributed by atoms with van der Waals surface area (Å²) < 4.78 is 11.6. The molecule has 1 saturated heterocycles. The van der Waals surface area contributed by atoms with Gasteiger partial charge in [-0.1, -0.05) is 35.9 Å². The second-order valence-corrected chi connectivity index (χ2v) is 4.67. The van der Waals surface area contributed by atoms with Crippen molar-refractivity contribution in [3.8, 4) is 0 Å². The maximum atomic E-state index is 5.88. The summed E-state index contributed by atoms with van der Waals surface area (Å²) in [5.74, 6) is -0.533. The van der Waals surface area contributed by atoms with E-state index in [0.717, 1.165) is 5.56 Å². The minimum atomic E-state index is -0.533. The summed E-state index contributed by atoms with van der Waals surface area (Å²) >= 11 is 0. The zero-order valence-corrected chi connectivity index (χ0v) is 10.1. The van der Waals surface area contributed by atoms with Crippen molar-refractivity contribution in [2.45, 2.75) is 38.8 Å². The molecule has 1 fully saturated rings. The second kappa shape index (κ2) is 4.04. The normalized spacial score (nSPS) is 27.9. The fourth-order valence-electron chi connectivity index (χ4n) is 1.98. The van der Waals surface area contributed by atoms with Gasteiger partial charge < -0.3 is 9.47 Å². The van der Waals surface area contributed by atoms with E-state index in [1.165, 1.54) is 5.56 Å². The average Bonchev–Trinajstić information content (AvgIpc) is 2.55. The van der Waals surface area contributed by atoms with Gasteiger partial charge in [-0.15, -0.1) is 6.58 Å². The van der Waals surface area contributed by atoms with E-state index < -0.39 is 5.79 Å². The maximum Gasteiger partial charge on any atom is 0.164 e. The molecule has 1 aromatic rings. The van der Waals surface area contributed by atoms with Gasteiger partial charge in [-0.2, -0.15) is 0 Å². The SMILES string of the molecule is C=C[C@H]1OC(C)(C)O[C@@H]1c1ccc(C)cc1. The van der Waals surface area contributed by atoms with E-state index >= 15 is 0 Å². The van der Waals surface area contributed by atoms with Crippen molar-refractivity contribution in [2.75, 3.05) is 0 Å². The Morgan fingerprint density at radius 1 is 1.19 bits per heavy atom. The molecule has 0 bridgehead atoms. The molecule has 2 rings (SSSR count). The summed E-state index contributed by atoms with van der Waals surface area (Å²) in [4.78, 5) is 0. The van der Waals surface area contributed by atoms with Gasteiger partial charge in [0.05, 0.1) is 0 Å². The lowest BCUT2D eigenvalue weighted by atomic mass is 10.0. The molecule has 86 valence electrons. The van der Waals surface area contributed by atoms with Crippen molar-refractivity contribution in [2.24, 2.45) is 0 Å². The summed E-state index contributed by atoms with van der Waals surface area (Å²) in [5.41, 5.74) is 2.39. The van der Waals surface area contributed by atoms with Crippen molar-refractivity contribution >= 4 is 0 Å². The van der Waals surface area contributed by atoms with Crippen LogP contribution in [0, 0.1) is 6.92 Å². The molecule has 1 heterocycles. The third-order valence-electron chi connectivity index (χ3n) is 2.77. The van der Waals surface area contributed by atoms with Crippen molar-refractivity contribution in [1.29, 1.82) is 0 Å². The molecule has 0 saturated carbocycles. The molecule has 0 unspecified atom stereocenters. The minimum Gasteiger partial charge on any atom is -0.340 e. The Bertz CT molecular complexity index is 378. The van der Waals surface area contributed by atoms with Crippen LogP contribution in [0.15, 0.2) is 36.9 Å². The van der Waals surface area contributed by atoms with E-state index in [9.17, 15) is 0 Å². The molecular formula is C14H18O2. The first-order chi connectivity index (χ1) is 7.52. The molecule has 0 spiro atoms. The molecule has 0 aliphatic carbocycles. The van der Waals surface area contributed by atoms with Gasteiger partial charge >= 0.3 is 0 Å². The predicted octanol–water partition coefficient (Wildman–Crippen LogP) is 3.37. The molecule has 1 aliphatic heterocycles. The highest BCUT2D eigenvalue weighted by atomic mass is 16.7. The molecule has 0 aromatic heterocycles. The van der Waals surface area contributed by atoms with Crippen LogP contribution in [0.3, 0.4) is 0 Å². The number of ether oxygens (including phenoxy) is 2. The van der Waals surface area contributed by atoms with Gasteiger partial charge in [0.1, 0.15) is 12.2 Å². The van der Waals surface area contributed by atoms with E-state index in [2.05, 4.69) is 37.8 Å². The summed E-state index contributed by atoms with van der Waals surface area (Å²) in [5, 5.41) is 0. The van der Waals surface area contributed by atoms with Gasteiger partial charge in [-0.05, 0) is 26.3 Å². The van der Waals surface area contributed by atoms with Gasteiger partial charge in [0, 0.05) is 0 Å². The highest BCUT2D eigenvalue weighted by molar-refractivity contribution is 5.25. The summed E-state index contributed by atoms with van der Waals surface area (Å²) in [6.07, 6.45) is 1.69. The van der Waals surface area contributed by atoms with Gasteiger partial charge in [-0.3, -0.25) is 0 Å². The number of hydrogen-bond acceptors (Lipinski definition) is 2. The molecule has 0 amide bonds. The predicted molar refractivity (Wildman–Crippen MR) is 64.2 cm³/mol. The van der Waals surface area contributed by atoms with Crippen molar-refractivity contribution in [1.82, 2.24) is 0 Å². The lowest BCUT2D eigenvalue weighted by molar-refractivity contribution is -0.143. The Balaban J connectivity index is 2.26. The molecular weight excluding hydrogens is 200 g/mol. The Labute approximate surface area is 96.9 Å². The van der Waals surface area contributed by atoms with E-state index in [-0.39, 0.29) is 12.2 Å². The van der Waals surface area contributed by atoms with Crippen LogP contribution in [-0.2, 0) is 9.47 Å². The van der Waals surface area contributed by atoms with Crippen LogP contribution >= 0.6 is 0 Å². The monoisotopic (exact) mass is 218 g/mol. The fraction of sp³-hybridized carbons (Fsp3) is 0.429. The number of benzene rings is 1. The summed E-state index contributed by atoms with van der Waals surface area (Å²) in [7, 11) is 0. The molecule has 0 radical (unpaired) electrons. The van der Waals surface area contributed by atoms with Crippen LogP contribution in [0.4, 0.5) is 0 Å².